The van der Waals surface area contributed by atoms with Gasteiger partial charge in [-0.15, -0.1) is 11.3 Å². The number of hydrogen-bond acceptors (Lipinski definition) is 2. The fraction of sp³-hybridized carbons (Fsp3) is 0.692. The van der Waals surface area contributed by atoms with Crippen LogP contribution in [0.5, 0.6) is 0 Å². The number of rotatable bonds is 5. The van der Waals surface area contributed by atoms with E-state index in [-0.39, 0.29) is 0 Å². The van der Waals surface area contributed by atoms with Crippen molar-refractivity contribution in [3.63, 3.8) is 0 Å². The summed E-state index contributed by atoms with van der Waals surface area (Å²) < 4.78 is 0. The molecule has 1 nitrogen and oxygen atoms in total. The Balaban J connectivity index is 1.83. The van der Waals surface area contributed by atoms with Gasteiger partial charge >= 0.3 is 0 Å². The molecule has 1 aliphatic rings. The average Bonchev–Trinajstić information content (AvgIpc) is 2.57. The van der Waals surface area contributed by atoms with Crippen LogP contribution in [0.1, 0.15) is 42.5 Å². The van der Waals surface area contributed by atoms with Crippen LogP contribution in [-0.4, -0.2) is 13.1 Å². The molecule has 0 radical (unpaired) electrons. The normalized spacial score (nSPS) is 25.2. The Labute approximate surface area is 96.9 Å². The molecule has 0 bridgehead atoms. The van der Waals surface area contributed by atoms with E-state index in [0.717, 1.165) is 11.8 Å². The van der Waals surface area contributed by atoms with Crippen LogP contribution in [0, 0.1) is 12.8 Å². The van der Waals surface area contributed by atoms with Gasteiger partial charge in [-0.1, -0.05) is 6.92 Å². The van der Waals surface area contributed by atoms with E-state index in [1.165, 1.54) is 37.2 Å². The van der Waals surface area contributed by atoms with Crippen LogP contribution >= 0.6 is 11.3 Å². The van der Waals surface area contributed by atoms with Gasteiger partial charge in [0.2, 0.25) is 0 Å². The molecule has 1 fully saturated rings. The van der Waals surface area contributed by atoms with Crippen LogP contribution in [0.15, 0.2) is 11.4 Å². The lowest BCUT2D eigenvalue weighted by atomic mass is 9.70. The Morgan fingerprint density at radius 1 is 1.47 bits per heavy atom. The predicted octanol–water partition coefficient (Wildman–Crippen LogP) is 3.55. The molecule has 2 unspecified atom stereocenters. The molecule has 0 spiro atoms. The van der Waals surface area contributed by atoms with Crippen molar-refractivity contribution < 1.29 is 0 Å². The second kappa shape index (κ2) is 5.13. The van der Waals surface area contributed by atoms with Gasteiger partial charge in [0, 0.05) is 4.88 Å². The highest BCUT2D eigenvalue weighted by atomic mass is 32.1. The van der Waals surface area contributed by atoms with E-state index < -0.39 is 0 Å². The van der Waals surface area contributed by atoms with Gasteiger partial charge in [0.05, 0.1) is 0 Å². The molecule has 15 heavy (non-hydrogen) atoms. The molecule has 1 aromatic heterocycles. The number of nitrogens with one attached hydrogen (secondary N) is 1. The molecule has 1 N–H and O–H groups in total. The minimum atomic E-state index is 0.847. The zero-order valence-electron chi connectivity index (χ0n) is 9.75. The second-order valence-corrected chi connectivity index (χ2v) is 5.75. The highest BCUT2D eigenvalue weighted by Crippen LogP contribution is 2.43. The Kier molecular flexibility index (Phi) is 3.81. The van der Waals surface area contributed by atoms with Gasteiger partial charge in [-0.2, -0.15) is 0 Å². The summed E-state index contributed by atoms with van der Waals surface area (Å²) in [6.45, 7) is 6.82. The van der Waals surface area contributed by atoms with Crippen LogP contribution in [0.2, 0.25) is 0 Å². The molecule has 0 aliphatic heterocycles. The zero-order chi connectivity index (χ0) is 10.7. The summed E-state index contributed by atoms with van der Waals surface area (Å²) in [5.41, 5.74) is 1.59. The molecule has 2 atom stereocenters. The van der Waals surface area contributed by atoms with E-state index in [0.29, 0.717) is 0 Å². The van der Waals surface area contributed by atoms with Gasteiger partial charge in [0.25, 0.3) is 0 Å². The fourth-order valence-electron chi connectivity index (χ4n) is 2.37. The lowest BCUT2D eigenvalue weighted by Crippen LogP contribution is -2.33. The Bertz CT molecular complexity index is 305. The Morgan fingerprint density at radius 2 is 2.33 bits per heavy atom. The van der Waals surface area contributed by atoms with Gasteiger partial charge in [-0.05, 0) is 68.1 Å². The van der Waals surface area contributed by atoms with Gasteiger partial charge in [-0.3, -0.25) is 0 Å². The topological polar surface area (TPSA) is 12.0 Å². The Hall–Kier alpha value is -0.340. The molecular weight excluding hydrogens is 202 g/mol. The monoisotopic (exact) mass is 223 g/mol. The van der Waals surface area contributed by atoms with Crippen LogP contribution in [0.25, 0.3) is 0 Å². The van der Waals surface area contributed by atoms with Crippen LogP contribution in [0.3, 0.4) is 0 Å². The fourth-order valence-corrected chi connectivity index (χ4v) is 3.14. The molecule has 1 aliphatic carbocycles. The maximum atomic E-state index is 3.55. The Morgan fingerprint density at radius 3 is 2.87 bits per heavy atom. The summed E-state index contributed by atoms with van der Waals surface area (Å²) in [7, 11) is 0. The summed E-state index contributed by atoms with van der Waals surface area (Å²) in [4.78, 5) is 1.46. The smallest absolute Gasteiger partial charge is 0.00171 e. The molecular formula is C13H21NS. The maximum absolute atomic E-state index is 3.55. The summed E-state index contributed by atoms with van der Waals surface area (Å²) >= 11 is 1.89. The summed E-state index contributed by atoms with van der Waals surface area (Å²) in [6, 6.07) is 2.38. The third-order valence-corrected chi connectivity index (χ3v) is 4.31. The van der Waals surface area contributed by atoms with Crippen molar-refractivity contribution in [2.45, 2.75) is 39.0 Å². The minimum absolute atomic E-state index is 0.847. The van der Waals surface area contributed by atoms with Crippen molar-refractivity contribution in [2.75, 3.05) is 13.1 Å². The molecule has 84 valence electrons. The summed E-state index contributed by atoms with van der Waals surface area (Å²) in [5, 5.41) is 5.90. The second-order valence-electron chi connectivity index (χ2n) is 4.64. The quantitative estimate of drug-likeness (QED) is 0.753. The third-order valence-electron chi connectivity index (χ3n) is 3.43. The van der Waals surface area contributed by atoms with Crippen molar-refractivity contribution in [3.05, 3.63) is 21.9 Å². The van der Waals surface area contributed by atoms with Crippen molar-refractivity contribution in [1.82, 2.24) is 5.32 Å². The van der Waals surface area contributed by atoms with Crippen LogP contribution < -0.4 is 5.32 Å². The number of aryl methyl sites for hydroxylation is 1. The molecule has 2 heteroatoms. The molecule has 1 heterocycles. The largest absolute Gasteiger partial charge is 0.316 e. The van der Waals surface area contributed by atoms with Crippen LogP contribution in [-0.2, 0) is 0 Å². The van der Waals surface area contributed by atoms with Crippen molar-refractivity contribution in [2.24, 2.45) is 5.92 Å². The molecule has 2 rings (SSSR count). The average molecular weight is 223 g/mol. The van der Waals surface area contributed by atoms with Crippen molar-refractivity contribution in [1.29, 1.82) is 0 Å². The van der Waals surface area contributed by atoms with Crippen molar-refractivity contribution in [3.8, 4) is 0 Å². The van der Waals surface area contributed by atoms with E-state index in [2.05, 4.69) is 30.6 Å². The third kappa shape index (κ3) is 2.61. The first-order valence-corrected chi connectivity index (χ1v) is 6.95. The zero-order valence-corrected chi connectivity index (χ0v) is 10.6. The highest BCUT2D eigenvalue weighted by molar-refractivity contribution is 7.10. The molecule has 1 aromatic rings. The van der Waals surface area contributed by atoms with E-state index in [1.54, 1.807) is 5.56 Å². The number of hydrogen-bond donors (Lipinski definition) is 1. The molecule has 0 aromatic carbocycles. The summed E-state index contributed by atoms with van der Waals surface area (Å²) in [6.07, 6.45) is 4.06. The van der Waals surface area contributed by atoms with E-state index >= 15 is 0 Å². The van der Waals surface area contributed by atoms with Gasteiger partial charge in [-0.25, -0.2) is 0 Å². The minimum Gasteiger partial charge on any atom is -0.316 e. The SMILES string of the molecule is CCCNCC1CCC1c1csc(C)c1. The summed E-state index contributed by atoms with van der Waals surface area (Å²) in [5.74, 6) is 1.74. The molecule has 0 amide bonds. The first kappa shape index (κ1) is 11.2. The first-order valence-electron chi connectivity index (χ1n) is 6.07. The number of thiophene rings is 1. The van der Waals surface area contributed by atoms with Crippen molar-refractivity contribution >= 4 is 11.3 Å². The van der Waals surface area contributed by atoms with Gasteiger partial charge in [0.1, 0.15) is 0 Å². The predicted molar refractivity (Wildman–Crippen MR) is 67.7 cm³/mol. The van der Waals surface area contributed by atoms with E-state index in [4.69, 9.17) is 0 Å². The van der Waals surface area contributed by atoms with Crippen LogP contribution in [0.4, 0.5) is 0 Å². The standard InChI is InChI=1S/C13H21NS/c1-3-6-14-8-11-4-5-13(11)12-7-10(2)15-9-12/h7,9,11,13-14H,3-6,8H2,1-2H3. The lowest BCUT2D eigenvalue weighted by Gasteiger charge is -2.36. The van der Waals surface area contributed by atoms with E-state index in [1.807, 2.05) is 11.3 Å². The molecule has 1 saturated carbocycles. The maximum Gasteiger partial charge on any atom is 0.00171 e. The van der Waals surface area contributed by atoms with Gasteiger partial charge < -0.3 is 5.32 Å². The van der Waals surface area contributed by atoms with Gasteiger partial charge in [0.15, 0.2) is 0 Å². The first-order chi connectivity index (χ1) is 7.31. The van der Waals surface area contributed by atoms with E-state index in [9.17, 15) is 0 Å². The lowest BCUT2D eigenvalue weighted by molar-refractivity contribution is 0.246. The molecule has 0 saturated heterocycles. The highest BCUT2D eigenvalue weighted by Gasteiger charge is 2.31.